The van der Waals surface area contributed by atoms with Crippen LogP contribution in [0.3, 0.4) is 0 Å². The molecule has 2 aromatic carbocycles. The zero-order valence-electron chi connectivity index (χ0n) is 14.1. The maximum absolute atomic E-state index is 12.8. The Kier molecular flexibility index (Phi) is 4.29. The number of anilines is 2. The summed E-state index contributed by atoms with van der Waals surface area (Å²) in [6, 6.07) is 11.2. The molecule has 0 aliphatic heterocycles. The van der Waals surface area contributed by atoms with Gasteiger partial charge >= 0.3 is 5.97 Å². The minimum Gasteiger partial charge on any atom is -0.477 e. The van der Waals surface area contributed by atoms with Crippen molar-refractivity contribution in [1.82, 2.24) is 4.98 Å². The van der Waals surface area contributed by atoms with E-state index in [1.54, 1.807) is 30.3 Å². The molecule has 0 atom stereocenters. The highest BCUT2D eigenvalue weighted by Gasteiger charge is 2.22. The van der Waals surface area contributed by atoms with Crippen LogP contribution in [0.15, 0.2) is 47.4 Å². The van der Waals surface area contributed by atoms with E-state index in [4.69, 9.17) is 5.73 Å². The monoisotopic (exact) mass is 371 g/mol. The summed E-state index contributed by atoms with van der Waals surface area (Å²) < 4.78 is 28.0. The minimum absolute atomic E-state index is 0.0771. The second kappa shape index (κ2) is 6.30. The number of nitrogens with zero attached hydrogens (tertiary/aromatic N) is 1. The smallest absolute Gasteiger partial charge is 0.354 e. The number of rotatable bonds is 4. The molecule has 0 saturated carbocycles. The minimum atomic E-state index is -3.91. The molecular weight excluding hydrogens is 354 g/mol. The van der Waals surface area contributed by atoms with Crippen molar-refractivity contribution in [2.24, 2.45) is 0 Å². The molecule has 8 heteroatoms. The molecule has 0 unspecified atom stereocenters. The van der Waals surface area contributed by atoms with Gasteiger partial charge in [0.2, 0.25) is 0 Å². The lowest BCUT2D eigenvalue weighted by Gasteiger charge is -2.16. The lowest BCUT2D eigenvalue weighted by atomic mass is 10.1. The van der Waals surface area contributed by atoms with Gasteiger partial charge in [0.15, 0.2) is 5.69 Å². The van der Waals surface area contributed by atoms with Crippen LogP contribution in [0.1, 0.15) is 21.6 Å². The number of pyridine rings is 1. The van der Waals surface area contributed by atoms with Crippen LogP contribution >= 0.6 is 0 Å². The fraction of sp³-hybridized carbons (Fsp3) is 0.111. The Labute approximate surface area is 150 Å². The van der Waals surface area contributed by atoms with E-state index in [0.717, 1.165) is 5.56 Å². The second-order valence-electron chi connectivity index (χ2n) is 5.93. The third-order valence-electron chi connectivity index (χ3n) is 4.06. The Balaban J connectivity index is 2.24. The lowest BCUT2D eigenvalue weighted by molar-refractivity contribution is 0.0690. The first-order valence-corrected chi connectivity index (χ1v) is 9.20. The van der Waals surface area contributed by atoms with Crippen LogP contribution in [0.4, 0.5) is 11.4 Å². The van der Waals surface area contributed by atoms with E-state index >= 15 is 0 Å². The van der Waals surface area contributed by atoms with E-state index < -0.39 is 16.0 Å². The van der Waals surface area contributed by atoms with Crippen LogP contribution in [-0.2, 0) is 10.0 Å². The van der Waals surface area contributed by atoms with Crippen LogP contribution in [0, 0.1) is 13.8 Å². The number of hydrogen-bond acceptors (Lipinski definition) is 5. The number of carboxylic acids is 1. The molecule has 1 aromatic heterocycles. The standard InChI is InChI=1S/C18H17N3O4S/c1-10-6-8-12(9-7-10)26(24,25)21-15-11(2)16(18(22)23)20-17-13(15)4-3-5-14(17)19/h3-9H,19H2,1-2H3,(H,20,21)(H,22,23). The molecule has 0 fully saturated rings. The number of sulfonamides is 1. The summed E-state index contributed by atoms with van der Waals surface area (Å²) in [5, 5.41) is 9.84. The Morgan fingerprint density at radius 3 is 2.38 bits per heavy atom. The molecular formula is C18H17N3O4S. The van der Waals surface area contributed by atoms with Crippen molar-refractivity contribution >= 4 is 38.3 Å². The third-order valence-corrected chi connectivity index (χ3v) is 5.43. The van der Waals surface area contributed by atoms with Gasteiger partial charge in [0.25, 0.3) is 10.0 Å². The predicted molar refractivity (Wildman–Crippen MR) is 99.8 cm³/mol. The summed E-state index contributed by atoms with van der Waals surface area (Å²) in [5.41, 5.74) is 7.44. The average molecular weight is 371 g/mol. The summed E-state index contributed by atoms with van der Waals surface area (Å²) in [7, 11) is -3.91. The fourth-order valence-corrected chi connectivity index (χ4v) is 3.80. The van der Waals surface area contributed by atoms with E-state index in [9.17, 15) is 18.3 Å². The summed E-state index contributed by atoms with van der Waals surface area (Å²) in [6.07, 6.45) is 0. The summed E-state index contributed by atoms with van der Waals surface area (Å²) in [4.78, 5) is 15.7. The lowest BCUT2D eigenvalue weighted by Crippen LogP contribution is -2.16. The van der Waals surface area contributed by atoms with Crippen LogP contribution in [0.25, 0.3) is 10.9 Å². The maximum Gasteiger partial charge on any atom is 0.354 e. The van der Waals surface area contributed by atoms with Crippen LogP contribution in [0.2, 0.25) is 0 Å². The van der Waals surface area contributed by atoms with Crippen molar-refractivity contribution in [3.63, 3.8) is 0 Å². The van der Waals surface area contributed by atoms with E-state index in [1.165, 1.54) is 19.1 Å². The first kappa shape index (κ1) is 17.7. The number of fused-ring (bicyclic) bond motifs is 1. The Morgan fingerprint density at radius 2 is 1.77 bits per heavy atom. The van der Waals surface area contributed by atoms with E-state index in [-0.39, 0.29) is 33.0 Å². The normalized spacial score (nSPS) is 11.5. The molecule has 26 heavy (non-hydrogen) atoms. The van der Waals surface area contributed by atoms with Crippen LogP contribution < -0.4 is 10.5 Å². The quantitative estimate of drug-likeness (QED) is 0.606. The molecule has 3 aromatic rings. The van der Waals surface area contributed by atoms with Crippen molar-refractivity contribution in [2.75, 3.05) is 10.5 Å². The predicted octanol–water partition coefficient (Wildman–Crippen LogP) is 2.93. The molecule has 0 aliphatic rings. The Bertz CT molecular complexity index is 1120. The zero-order chi connectivity index (χ0) is 19.1. The molecule has 0 amide bonds. The van der Waals surface area contributed by atoms with Crippen LogP contribution in [-0.4, -0.2) is 24.5 Å². The van der Waals surface area contributed by atoms with Gasteiger partial charge < -0.3 is 10.8 Å². The molecule has 1 heterocycles. The number of aromatic carboxylic acids is 1. The summed E-state index contributed by atoms with van der Waals surface area (Å²) >= 11 is 0. The van der Waals surface area contributed by atoms with E-state index in [2.05, 4.69) is 9.71 Å². The highest BCUT2D eigenvalue weighted by molar-refractivity contribution is 7.92. The first-order valence-electron chi connectivity index (χ1n) is 7.72. The first-order chi connectivity index (χ1) is 12.2. The summed E-state index contributed by atoms with van der Waals surface area (Å²) in [5.74, 6) is -1.26. The van der Waals surface area contributed by atoms with Gasteiger partial charge in [-0.3, -0.25) is 4.72 Å². The SMILES string of the molecule is Cc1ccc(S(=O)(=O)Nc2c(C)c(C(=O)O)nc3c(N)cccc23)cc1. The Morgan fingerprint density at radius 1 is 1.12 bits per heavy atom. The third kappa shape index (κ3) is 3.06. The van der Waals surface area contributed by atoms with Gasteiger partial charge in [0, 0.05) is 10.9 Å². The Hall–Kier alpha value is -3.13. The molecule has 0 bridgehead atoms. The van der Waals surface area contributed by atoms with Gasteiger partial charge in [-0.1, -0.05) is 29.8 Å². The molecule has 3 rings (SSSR count). The van der Waals surface area contributed by atoms with Crippen molar-refractivity contribution in [1.29, 1.82) is 0 Å². The van der Waals surface area contributed by atoms with E-state index in [0.29, 0.717) is 5.39 Å². The largest absolute Gasteiger partial charge is 0.477 e. The number of carboxylic acid groups (broad SMARTS) is 1. The second-order valence-corrected chi connectivity index (χ2v) is 7.61. The highest BCUT2D eigenvalue weighted by atomic mass is 32.2. The van der Waals surface area contributed by atoms with Gasteiger partial charge in [-0.15, -0.1) is 0 Å². The number of benzene rings is 2. The van der Waals surface area contributed by atoms with Crippen molar-refractivity contribution in [3.8, 4) is 0 Å². The highest BCUT2D eigenvalue weighted by Crippen LogP contribution is 2.32. The number of nitrogen functional groups attached to an aromatic ring is 1. The van der Waals surface area contributed by atoms with Gasteiger partial charge in [0.05, 0.1) is 21.8 Å². The van der Waals surface area contributed by atoms with Gasteiger partial charge in [-0.2, -0.15) is 0 Å². The molecule has 0 spiro atoms. The molecule has 0 aliphatic carbocycles. The number of hydrogen-bond donors (Lipinski definition) is 3. The van der Waals surface area contributed by atoms with Crippen molar-refractivity contribution in [2.45, 2.75) is 18.7 Å². The maximum atomic E-state index is 12.8. The molecule has 134 valence electrons. The number of nitrogens with one attached hydrogen (secondary N) is 1. The van der Waals surface area contributed by atoms with Crippen LogP contribution in [0.5, 0.6) is 0 Å². The topological polar surface area (TPSA) is 122 Å². The van der Waals surface area contributed by atoms with Gasteiger partial charge in [-0.05, 0) is 32.0 Å². The number of para-hydroxylation sites is 1. The van der Waals surface area contributed by atoms with Gasteiger partial charge in [0.1, 0.15) is 0 Å². The number of aromatic nitrogens is 1. The molecule has 7 nitrogen and oxygen atoms in total. The number of aryl methyl sites for hydroxylation is 1. The molecule has 0 radical (unpaired) electrons. The average Bonchev–Trinajstić information content (AvgIpc) is 2.57. The summed E-state index contributed by atoms with van der Waals surface area (Å²) in [6.45, 7) is 3.36. The number of carbonyl (C=O) groups is 1. The zero-order valence-corrected chi connectivity index (χ0v) is 15.0. The van der Waals surface area contributed by atoms with Gasteiger partial charge in [-0.25, -0.2) is 18.2 Å². The fourth-order valence-electron chi connectivity index (χ4n) is 2.65. The molecule has 4 N–H and O–H groups in total. The van der Waals surface area contributed by atoms with Crippen molar-refractivity contribution < 1.29 is 18.3 Å². The van der Waals surface area contributed by atoms with E-state index in [1.807, 2.05) is 6.92 Å². The van der Waals surface area contributed by atoms with Crippen molar-refractivity contribution in [3.05, 3.63) is 59.3 Å². The number of nitrogens with two attached hydrogens (primary N) is 1. The molecule has 0 saturated heterocycles.